The lowest BCUT2D eigenvalue weighted by Crippen LogP contribution is -2.29. The molecule has 0 atom stereocenters. The molecule has 1 saturated heterocycles. The third-order valence-corrected chi connectivity index (χ3v) is 6.37. The maximum atomic E-state index is 13.2. The lowest BCUT2D eigenvalue weighted by atomic mass is 10.0. The Bertz CT molecular complexity index is 1540. The zero-order valence-corrected chi connectivity index (χ0v) is 19.7. The van der Waals surface area contributed by atoms with Gasteiger partial charge in [0.05, 0.1) is 10.6 Å². The first-order valence-corrected chi connectivity index (χ1v) is 11.7. The zero-order chi connectivity index (χ0) is 25.2. The van der Waals surface area contributed by atoms with Crippen molar-refractivity contribution in [3.8, 4) is 5.69 Å². The van der Waals surface area contributed by atoms with E-state index >= 15 is 0 Å². The summed E-state index contributed by atoms with van der Waals surface area (Å²) in [6, 6.07) is 13.0. The number of fused-ring (bicyclic) bond motifs is 1. The van der Waals surface area contributed by atoms with E-state index in [9.17, 15) is 19.7 Å². The van der Waals surface area contributed by atoms with Gasteiger partial charge < -0.3 is 10.2 Å². The molecule has 1 amide bonds. The number of pyridine rings is 1. The highest BCUT2D eigenvalue weighted by Gasteiger charge is 2.21. The van der Waals surface area contributed by atoms with Crippen LogP contribution in [-0.4, -0.2) is 38.7 Å². The van der Waals surface area contributed by atoms with Gasteiger partial charge >= 0.3 is 0 Å². The molecule has 2 aromatic carbocycles. The van der Waals surface area contributed by atoms with Crippen molar-refractivity contribution in [3.63, 3.8) is 0 Å². The van der Waals surface area contributed by atoms with Crippen LogP contribution in [0.15, 0.2) is 65.7 Å². The number of hydrogen-bond acceptors (Lipinski definition) is 7. The highest BCUT2D eigenvalue weighted by atomic mass is 16.6. The number of benzene rings is 2. The van der Waals surface area contributed by atoms with Crippen LogP contribution >= 0.6 is 0 Å². The second kappa shape index (κ2) is 9.57. The summed E-state index contributed by atoms with van der Waals surface area (Å²) < 4.78 is 1.24. The van der Waals surface area contributed by atoms with E-state index in [-0.39, 0.29) is 17.1 Å². The third-order valence-electron chi connectivity index (χ3n) is 6.37. The minimum atomic E-state index is -0.705. The van der Waals surface area contributed by atoms with Crippen LogP contribution in [0, 0.1) is 17.0 Å². The molecular formula is C26H24N6O4. The summed E-state index contributed by atoms with van der Waals surface area (Å²) in [6.07, 6.45) is 6.89. The number of nitrogens with zero attached hydrogens (tertiary/aromatic N) is 5. The molecule has 10 nitrogen and oxygen atoms in total. The Morgan fingerprint density at radius 3 is 2.58 bits per heavy atom. The lowest BCUT2D eigenvalue weighted by molar-refractivity contribution is -0.384. The van der Waals surface area contributed by atoms with Gasteiger partial charge in [-0.05, 0) is 50.5 Å². The van der Waals surface area contributed by atoms with Gasteiger partial charge in [0.15, 0.2) is 5.69 Å². The van der Waals surface area contributed by atoms with Crippen LogP contribution < -0.4 is 15.6 Å². The molecule has 0 bridgehead atoms. The van der Waals surface area contributed by atoms with Crippen molar-refractivity contribution in [3.05, 3.63) is 92.7 Å². The van der Waals surface area contributed by atoms with Gasteiger partial charge in [0.1, 0.15) is 5.69 Å². The van der Waals surface area contributed by atoms with Crippen LogP contribution in [0.1, 0.15) is 35.4 Å². The van der Waals surface area contributed by atoms with Crippen LogP contribution in [0.4, 0.5) is 17.1 Å². The van der Waals surface area contributed by atoms with Crippen molar-refractivity contribution in [2.45, 2.75) is 26.2 Å². The molecule has 4 aromatic rings. The maximum absolute atomic E-state index is 13.2. The minimum absolute atomic E-state index is 0.162. The van der Waals surface area contributed by atoms with Gasteiger partial charge in [0.25, 0.3) is 11.6 Å². The number of rotatable bonds is 5. The fraction of sp³-hybridized carbons (Fsp3) is 0.231. The molecule has 1 N–H and O–H groups in total. The largest absolute Gasteiger partial charge is 0.371 e. The van der Waals surface area contributed by atoms with Crippen LogP contribution in [0.3, 0.4) is 0 Å². The first-order valence-electron chi connectivity index (χ1n) is 11.7. The topological polar surface area (TPSA) is 123 Å². The van der Waals surface area contributed by atoms with Crippen molar-refractivity contribution in [1.82, 2.24) is 14.8 Å². The van der Waals surface area contributed by atoms with Crippen LogP contribution in [-0.2, 0) is 0 Å². The number of anilines is 2. The summed E-state index contributed by atoms with van der Waals surface area (Å²) in [7, 11) is 0. The fourth-order valence-corrected chi connectivity index (χ4v) is 4.62. The molecule has 1 aliphatic rings. The third kappa shape index (κ3) is 4.28. The van der Waals surface area contributed by atoms with Gasteiger partial charge in [0, 0.05) is 59.8 Å². The Kier molecular flexibility index (Phi) is 6.16. The molecule has 0 unspecified atom stereocenters. The van der Waals surface area contributed by atoms with E-state index in [1.165, 1.54) is 29.3 Å². The van der Waals surface area contributed by atoms with Gasteiger partial charge in [-0.1, -0.05) is 12.1 Å². The SMILES string of the molecule is Cc1cc(=O)c(C(=O)Nc2ccc(N3CCCCC3)c3ccncc23)nn1-c1ccccc1[N+](=O)[O-]. The lowest BCUT2D eigenvalue weighted by Gasteiger charge is -2.30. The number of hydrogen-bond donors (Lipinski definition) is 1. The van der Waals surface area contributed by atoms with Crippen molar-refractivity contribution in [2.24, 2.45) is 0 Å². The first-order chi connectivity index (χ1) is 17.4. The highest BCUT2D eigenvalue weighted by molar-refractivity contribution is 6.10. The number of amides is 1. The number of piperidine rings is 1. The molecule has 5 rings (SSSR count). The number of aromatic nitrogens is 3. The average molecular weight is 485 g/mol. The number of nitrogens with one attached hydrogen (secondary N) is 1. The van der Waals surface area contributed by atoms with Crippen LogP contribution in [0.5, 0.6) is 0 Å². The molecule has 1 fully saturated rings. The van der Waals surface area contributed by atoms with Crippen molar-refractivity contribution in [1.29, 1.82) is 0 Å². The van der Waals surface area contributed by atoms with Crippen molar-refractivity contribution in [2.75, 3.05) is 23.3 Å². The second-order valence-electron chi connectivity index (χ2n) is 8.71. The van der Waals surface area contributed by atoms with E-state index in [0.717, 1.165) is 42.4 Å². The molecule has 0 spiro atoms. The van der Waals surface area contributed by atoms with E-state index in [1.807, 2.05) is 12.1 Å². The number of nitro benzene ring substituents is 1. The van der Waals surface area contributed by atoms with Crippen LogP contribution in [0.25, 0.3) is 16.5 Å². The van der Waals surface area contributed by atoms with Crippen molar-refractivity contribution >= 4 is 33.7 Å². The zero-order valence-electron chi connectivity index (χ0n) is 19.7. The Labute approximate surface area is 206 Å². The molecule has 10 heteroatoms. The summed E-state index contributed by atoms with van der Waals surface area (Å²) >= 11 is 0. The molecule has 1 aliphatic heterocycles. The molecule has 0 saturated carbocycles. The van der Waals surface area contributed by atoms with Gasteiger partial charge in [-0.3, -0.25) is 24.7 Å². The molecule has 3 heterocycles. The summed E-state index contributed by atoms with van der Waals surface area (Å²) in [5.41, 5.74) is 0.984. The van der Waals surface area contributed by atoms with Crippen molar-refractivity contribution < 1.29 is 9.72 Å². The molecule has 36 heavy (non-hydrogen) atoms. The van der Waals surface area contributed by atoms with Gasteiger partial charge in [-0.15, -0.1) is 0 Å². The second-order valence-corrected chi connectivity index (χ2v) is 8.71. The van der Waals surface area contributed by atoms with Crippen LogP contribution in [0.2, 0.25) is 0 Å². The van der Waals surface area contributed by atoms with E-state index < -0.39 is 16.3 Å². The quantitative estimate of drug-likeness (QED) is 0.332. The minimum Gasteiger partial charge on any atom is -0.371 e. The maximum Gasteiger partial charge on any atom is 0.294 e. The monoisotopic (exact) mass is 484 g/mol. The normalized spacial score (nSPS) is 13.5. The Balaban J connectivity index is 1.53. The molecule has 182 valence electrons. The molecular weight excluding hydrogens is 460 g/mol. The predicted molar refractivity (Wildman–Crippen MR) is 137 cm³/mol. The smallest absolute Gasteiger partial charge is 0.294 e. The highest BCUT2D eigenvalue weighted by Crippen LogP contribution is 2.33. The first kappa shape index (κ1) is 23.2. The Morgan fingerprint density at radius 1 is 1.03 bits per heavy atom. The molecule has 0 radical (unpaired) electrons. The summed E-state index contributed by atoms with van der Waals surface area (Å²) in [4.78, 5) is 43.5. The number of aryl methyl sites for hydroxylation is 1. The number of carbonyl (C=O) groups excluding carboxylic acids is 1. The summed E-state index contributed by atoms with van der Waals surface area (Å²) in [5, 5.41) is 20.2. The van der Waals surface area contributed by atoms with E-state index in [2.05, 4.69) is 20.3 Å². The standard InChI is InChI=1S/C26H24N6O4/c1-17-15-24(33)25(29-31(17)22-7-3-4-8-23(22)32(35)36)26(34)28-20-9-10-21(30-13-5-2-6-14-30)18-11-12-27-16-19(18)20/h3-4,7-12,15-16H,2,5-6,13-14H2,1H3,(H,28,34). The van der Waals surface area contributed by atoms with E-state index in [0.29, 0.717) is 11.4 Å². The van der Waals surface area contributed by atoms with Gasteiger partial charge in [0.2, 0.25) is 5.43 Å². The number of carbonyl (C=O) groups is 1. The average Bonchev–Trinajstić information content (AvgIpc) is 2.89. The summed E-state index contributed by atoms with van der Waals surface area (Å²) in [5.74, 6) is -0.705. The number of para-hydroxylation sites is 2. The molecule has 0 aliphatic carbocycles. The fourth-order valence-electron chi connectivity index (χ4n) is 4.62. The van der Waals surface area contributed by atoms with E-state index in [1.54, 1.807) is 37.5 Å². The predicted octanol–water partition coefficient (Wildman–Crippen LogP) is 4.24. The Morgan fingerprint density at radius 2 is 1.81 bits per heavy atom. The van der Waals surface area contributed by atoms with E-state index in [4.69, 9.17) is 0 Å². The van der Waals surface area contributed by atoms with Gasteiger partial charge in [-0.25, -0.2) is 4.68 Å². The number of nitro groups is 1. The Hall–Kier alpha value is -4.60. The molecule has 2 aromatic heterocycles. The summed E-state index contributed by atoms with van der Waals surface area (Å²) in [6.45, 7) is 3.55. The van der Waals surface area contributed by atoms with Gasteiger partial charge in [-0.2, -0.15) is 5.10 Å².